The van der Waals surface area contributed by atoms with Gasteiger partial charge in [0.15, 0.2) is 0 Å². The topological polar surface area (TPSA) is 41.6 Å². The number of benzene rings is 1. The molecule has 5 heteroatoms. The van der Waals surface area contributed by atoms with Crippen LogP contribution in [0, 0.1) is 0 Å². The molecule has 2 rings (SSSR count). The van der Waals surface area contributed by atoms with E-state index in [4.69, 9.17) is 16.3 Å². The summed E-state index contributed by atoms with van der Waals surface area (Å²) in [7, 11) is 1.63. The van der Waals surface area contributed by atoms with Crippen LogP contribution in [0.15, 0.2) is 24.3 Å². The van der Waals surface area contributed by atoms with E-state index in [0.29, 0.717) is 19.1 Å². The highest BCUT2D eigenvalue weighted by Crippen LogP contribution is 2.27. The molecule has 1 aromatic carbocycles. The van der Waals surface area contributed by atoms with Gasteiger partial charge in [-0.15, -0.1) is 0 Å². The van der Waals surface area contributed by atoms with Gasteiger partial charge in [0.1, 0.15) is 0 Å². The molecule has 0 aliphatic carbocycles. The Balaban J connectivity index is 1.97. The number of carbonyl (C=O) groups is 1. The maximum absolute atomic E-state index is 12.2. The van der Waals surface area contributed by atoms with E-state index in [1.54, 1.807) is 7.11 Å². The summed E-state index contributed by atoms with van der Waals surface area (Å²) in [5.41, 5.74) is 1.26. The molecule has 1 N–H and O–H groups in total. The maximum Gasteiger partial charge on any atom is 0.317 e. The molecule has 1 saturated heterocycles. The average Bonchev–Trinajstić information content (AvgIpc) is 2.74. The van der Waals surface area contributed by atoms with E-state index in [-0.39, 0.29) is 6.03 Å². The summed E-state index contributed by atoms with van der Waals surface area (Å²) in [4.78, 5) is 14.1. The number of methoxy groups -OCH3 is 1. The zero-order valence-corrected chi connectivity index (χ0v) is 13.2. The SMILES string of the molecule is COCCNC(=O)N1CCCCC(c2ccc(Cl)cc2)C1. The standard InChI is InChI=1S/C16H23ClN2O2/c1-21-11-9-18-16(20)19-10-3-2-4-14(12-19)13-5-7-15(17)8-6-13/h5-8,14H,2-4,9-12H2,1H3,(H,18,20). The van der Waals surface area contributed by atoms with Crippen molar-refractivity contribution in [2.24, 2.45) is 0 Å². The highest BCUT2D eigenvalue weighted by Gasteiger charge is 2.22. The predicted octanol–water partition coefficient (Wildman–Crippen LogP) is 3.27. The van der Waals surface area contributed by atoms with Crippen molar-refractivity contribution in [3.8, 4) is 0 Å². The van der Waals surface area contributed by atoms with Gasteiger partial charge < -0.3 is 15.0 Å². The van der Waals surface area contributed by atoms with Crippen molar-refractivity contribution in [2.45, 2.75) is 25.2 Å². The first-order chi connectivity index (χ1) is 10.2. The Bertz CT molecular complexity index is 450. The smallest absolute Gasteiger partial charge is 0.317 e. The van der Waals surface area contributed by atoms with Crippen LogP contribution in [0.25, 0.3) is 0 Å². The highest BCUT2D eigenvalue weighted by molar-refractivity contribution is 6.30. The number of carbonyl (C=O) groups excluding carboxylic acids is 1. The van der Waals surface area contributed by atoms with E-state index in [0.717, 1.165) is 37.4 Å². The Morgan fingerprint density at radius 1 is 1.38 bits per heavy atom. The summed E-state index contributed by atoms with van der Waals surface area (Å²) in [6, 6.07) is 7.99. The number of rotatable bonds is 4. The van der Waals surface area contributed by atoms with Crippen LogP contribution in [0.3, 0.4) is 0 Å². The minimum atomic E-state index is 0.00733. The van der Waals surface area contributed by atoms with E-state index >= 15 is 0 Å². The van der Waals surface area contributed by atoms with Gasteiger partial charge in [0, 0.05) is 37.7 Å². The Labute approximate surface area is 131 Å². The van der Waals surface area contributed by atoms with E-state index < -0.39 is 0 Å². The van der Waals surface area contributed by atoms with Crippen LogP contribution in [0.4, 0.5) is 4.79 Å². The maximum atomic E-state index is 12.2. The minimum absolute atomic E-state index is 0.00733. The summed E-state index contributed by atoms with van der Waals surface area (Å²) in [5.74, 6) is 0.387. The molecule has 21 heavy (non-hydrogen) atoms. The summed E-state index contributed by atoms with van der Waals surface area (Å²) >= 11 is 5.95. The van der Waals surface area contributed by atoms with Crippen LogP contribution >= 0.6 is 11.6 Å². The number of hydrogen-bond donors (Lipinski definition) is 1. The molecule has 2 amide bonds. The Hall–Kier alpha value is -1.26. The molecule has 1 unspecified atom stereocenters. The monoisotopic (exact) mass is 310 g/mol. The molecule has 4 nitrogen and oxygen atoms in total. The number of halogens is 1. The number of urea groups is 1. The number of nitrogens with one attached hydrogen (secondary N) is 1. The summed E-state index contributed by atoms with van der Waals surface area (Å²) in [6.07, 6.45) is 3.32. The number of likely N-dealkylation sites (tertiary alicyclic amines) is 1. The van der Waals surface area contributed by atoms with Crippen LogP contribution in [0.2, 0.25) is 5.02 Å². The first kappa shape index (κ1) is 16.1. The van der Waals surface area contributed by atoms with Gasteiger partial charge in [-0.2, -0.15) is 0 Å². The second kappa shape index (κ2) is 8.25. The highest BCUT2D eigenvalue weighted by atomic mass is 35.5. The number of ether oxygens (including phenoxy) is 1. The summed E-state index contributed by atoms with van der Waals surface area (Å²) in [5, 5.41) is 3.65. The molecule has 0 saturated carbocycles. The van der Waals surface area contributed by atoms with Crippen LogP contribution in [0.5, 0.6) is 0 Å². The number of nitrogens with zero attached hydrogens (tertiary/aromatic N) is 1. The molecule has 1 aliphatic heterocycles. The lowest BCUT2D eigenvalue weighted by molar-refractivity contribution is 0.179. The Kier molecular flexibility index (Phi) is 6.33. The van der Waals surface area contributed by atoms with Crippen LogP contribution in [-0.4, -0.2) is 44.3 Å². The molecule has 1 heterocycles. The third kappa shape index (κ3) is 4.90. The van der Waals surface area contributed by atoms with E-state index in [1.807, 2.05) is 17.0 Å². The van der Waals surface area contributed by atoms with Gasteiger partial charge in [0.05, 0.1) is 6.61 Å². The van der Waals surface area contributed by atoms with Gasteiger partial charge in [-0.3, -0.25) is 0 Å². The van der Waals surface area contributed by atoms with Gasteiger partial charge >= 0.3 is 6.03 Å². The molecule has 1 fully saturated rings. The molecule has 1 aromatic rings. The lowest BCUT2D eigenvalue weighted by atomic mass is 9.94. The lowest BCUT2D eigenvalue weighted by Crippen LogP contribution is -2.42. The van der Waals surface area contributed by atoms with Crippen LogP contribution in [-0.2, 0) is 4.74 Å². The Morgan fingerprint density at radius 3 is 2.86 bits per heavy atom. The van der Waals surface area contributed by atoms with Crippen molar-refractivity contribution >= 4 is 17.6 Å². The van der Waals surface area contributed by atoms with Crippen molar-refractivity contribution in [1.82, 2.24) is 10.2 Å². The zero-order valence-electron chi connectivity index (χ0n) is 12.5. The quantitative estimate of drug-likeness (QED) is 0.867. The van der Waals surface area contributed by atoms with Gasteiger partial charge in [-0.25, -0.2) is 4.79 Å². The average molecular weight is 311 g/mol. The van der Waals surface area contributed by atoms with Gasteiger partial charge in [0.25, 0.3) is 0 Å². The van der Waals surface area contributed by atoms with Crippen molar-refractivity contribution in [1.29, 1.82) is 0 Å². The first-order valence-electron chi connectivity index (χ1n) is 7.48. The van der Waals surface area contributed by atoms with Crippen LogP contribution in [0.1, 0.15) is 30.7 Å². The van der Waals surface area contributed by atoms with Crippen molar-refractivity contribution in [3.63, 3.8) is 0 Å². The summed E-state index contributed by atoms with van der Waals surface area (Å²) < 4.78 is 4.96. The number of hydrogen-bond acceptors (Lipinski definition) is 2. The largest absolute Gasteiger partial charge is 0.383 e. The number of amides is 2. The van der Waals surface area contributed by atoms with Gasteiger partial charge in [-0.1, -0.05) is 30.2 Å². The van der Waals surface area contributed by atoms with E-state index in [9.17, 15) is 4.79 Å². The predicted molar refractivity (Wildman–Crippen MR) is 84.9 cm³/mol. The zero-order chi connectivity index (χ0) is 15.1. The summed E-state index contributed by atoms with van der Waals surface area (Å²) in [6.45, 7) is 2.68. The second-order valence-electron chi connectivity index (χ2n) is 5.42. The molecular weight excluding hydrogens is 288 g/mol. The second-order valence-corrected chi connectivity index (χ2v) is 5.85. The fraction of sp³-hybridized carbons (Fsp3) is 0.562. The van der Waals surface area contributed by atoms with Gasteiger partial charge in [-0.05, 0) is 30.5 Å². The van der Waals surface area contributed by atoms with E-state index in [2.05, 4.69) is 17.4 Å². The van der Waals surface area contributed by atoms with E-state index in [1.165, 1.54) is 5.56 Å². The van der Waals surface area contributed by atoms with Gasteiger partial charge in [0.2, 0.25) is 0 Å². The molecule has 0 aromatic heterocycles. The first-order valence-corrected chi connectivity index (χ1v) is 7.85. The fourth-order valence-corrected chi connectivity index (χ4v) is 2.83. The van der Waals surface area contributed by atoms with Crippen molar-refractivity contribution < 1.29 is 9.53 Å². The minimum Gasteiger partial charge on any atom is -0.383 e. The van der Waals surface area contributed by atoms with Crippen LogP contribution < -0.4 is 5.32 Å². The fourth-order valence-electron chi connectivity index (χ4n) is 2.71. The van der Waals surface area contributed by atoms with Crippen molar-refractivity contribution in [3.05, 3.63) is 34.9 Å². The molecule has 0 radical (unpaired) electrons. The molecule has 1 aliphatic rings. The molecular formula is C16H23ClN2O2. The van der Waals surface area contributed by atoms with Crippen molar-refractivity contribution in [2.75, 3.05) is 33.4 Å². The normalized spacial score (nSPS) is 19.1. The molecule has 116 valence electrons. The molecule has 0 spiro atoms. The third-order valence-electron chi connectivity index (χ3n) is 3.88. The third-order valence-corrected chi connectivity index (χ3v) is 4.13. The lowest BCUT2D eigenvalue weighted by Gasteiger charge is -2.25. The molecule has 1 atom stereocenters. The molecule has 0 bridgehead atoms. The Morgan fingerprint density at radius 2 is 2.14 bits per heavy atom.